The van der Waals surface area contributed by atoms with Crippen molar-refractivity contribution in [3.05, 3.63) is 36.1 Å². The van der Waals surface area contributed by atoms with E-state index in [4.69, 9.17) is 9.15 Å². The van der Waals surface area contributed by atoms with Crippen LogP contribution in [0.3, 0.4) is 0 Å². The van der Waals surface area contributed by atoms with Gasteiger partial charge in [-0.15, -0.1) is 0 Å². The third-order valence-electron chi connectivity index (χ3n) is 3.76. The zero-order chi connectivity index (χ0) is 12.6. The van der Waals surface area contributed by atoms with Crippen LogP contribution in [-0.4, -0.2) is 19.0 Å². The maximum absolute atomic E-state index is 11.2. The highest BCUT2D eigenvalue weighted by Gasteiger charge is 2.42. The van der Waals surface area contributed by atoms with E-state index in [1.807, 2.05) is 24.5 Å². The molecule has 2 heterocycles. The van der Waals surface area contributed by atoms with Crippen molar-refractivity contribution in [3.63, 3.8) is 0 Å². The fraction of sp³-hybridized carbons (Fsp3) is 0.400. The Kier molecular flexibility index (Phi) is 2.71. The number of para-hydroxylation sites is 1. The maximum Gasteiger partial charge on any atom is 0.134 e. The third-order valence-corrected chi connectivity index (χ3v) is 3.76. The SMILES string of the molecule is CC(=O)CCC1(c2coc3ccccc23)COC1. The molecule has 1 aliphatic rings. The lowest BCUT2D eigenvalue weighted by Crippen LogP contribution is -2.46. The first-order valence-corrected chi connectivity index (χ1v) is 6.25. The molecule has 18 heavy (non-hydrogen) atoms. The second kappa shape index (κ2) is 4.25. The molecule has 0 N–H and O–H groups in total. The van der Waals surface area contributed by atoms with Crippen LogP contribution in [0.2, 0.25) is 0 Å². The second-order valence-corrected chi connectivity index (χ2v) is 5.12. The smallest absolute Gasteiger partial charge is 0.134 e. The molecule has 0 bridgehead atoms. The quantitative estimate of drug-likeness (QED) is 0.829. The lowest BCUT2D eigenvalue weighted by Gasteiger charge is -2.41. The minimum atomic E-state index is -0.0295. The summed E-state index contributed by atoms with van der Waals surface area (Å²) in [4.78, 5) is 11.2. The Balaban J connectivity index is 1.98. The summed E-state index contributed by atoms with van der Waals surface area (Å²) in [5, 5.41) is 1.14. The lowest BCUT2D eigenvalue weighted by atomic mass is 9.74. The largest absolute Gasteiger partial charge is 0.464 e. The highest BCUT2D eigenvalue weighted by molar-refractivity contribution is 5.82. The van der Waals surface area contributed by atoms with E-state index < -0.39 is 0 Å². The zero-order valence-corrected chi connectivity index (χ0v) is 10.4. The standard InChI is InChI=1S/C15H16O3/c1-11(16)6-7-15(9-17-10-15)13-8-18-14-5-3-2-4-12(13)14/h2-5,8H,6-7,9-10H2,1H3. The predicted octanol–water partition coefficient (Wildman–Crippen LogP) is 3.07. The Morgan fingerprint density at radius 2 is 2.11 bits per heavy atom. The number of carbonyl (C=O) groups excluding carboxylic acids is 1. The van der Waals surface area contributed by atoms with Gasteiger partial charge >= 0.3 is 0 Å². The van der Waals surface area contributed by atoms with Crippen LogP contribution >= 0.6 is 0 Å². The highest BCUT2D eigenvalue weighted by atomic mass is 16.5. The first-order valence-electron chi connectivity index (χ1n) is 6.25. The second-order valence-electron chi connectivity index (χ2n) is 5.12. The monoisotopic (exact) mass is 244 g/mol. The van der Waals surface area contributed by atoms with E-state index in [-0.39, 0.29) is 11.2 Å². The van der Waals surface area contributed by atoms with Gasteiger partial charge in [0.1, 0.15) is 11.4 Å². The van der Waals surface area contributed by atoms with Gasteiger partial charge < -0.3 is 13.9 Å². The fourth-order valence-corrected chi connectivity index (χ4v) is 2.59. The molecule has 0 radical (unpaired) electrons. The number of rotatable bonds is 4. The summed E-state index contributed by atoms with van der Waals surface area (Å²) in [6.07, 6.45) is 3.27. The van der Waals surface area contributed by atoms with E-state index in [2.05, 4.69) is 6.07 Å². The Hall–Kier alpha value is -1.61. The molecule has 1 aliphatic heterocycles. The number of Topliss-reactive ketones (excluding diaryl/α,β-unsaturated/α-hetero) is 1. The number of benzene rings is 1. The van der Waals surface area contributed by atoms with Crippen molar-refractivity contribution in [1.29, 1.82) is 0 Å². The molecule has 0 aliphatic carbocycles. The number of ether oxygens (including phenoxy) is 1. The Morgan fingerprint density at radius 1 is 1.33 bits per heavy atom. The molecule has 1 aromatic heterocycles. The molecule has 3 rings (SSSR count). The van der Waals surface area contributed by atoms with E-state index >= 15 is 0 Å². The Morgan fingerprint density at radius 3 is 2.78 bits per heavy atom. The molecule has 2 aromatic rings. The van der Waals surface area contributed by atoms with Crippen LogP contribution in [-0.2, 0) is 14.9 Å². The molecule has 1 saturated heterocycles. The topological polar surface area (TPSA) is 39.4 Å². The first-order chi connectivity index (χ1) is 8.71. The lowest BCUT2D eigenvalue weighted by molar-refractivity contribution is -0.119. The van der Waals surface area contributed by atoms with Gasteiger partial charge in [0.25, 0.3) is 0 Å². The van der Waals surface area contributed by atoms with Crippen molar-refractivity contribution in [1.82, 2.24) is 0 Å². The van der Waals surface area contributed by atoms with Crippen LogP contribution in [0.4, 0.5) is 0 Å². The number of hydrogen-bond acceptors (Lipinski definition) is 3. The summed E-state index contributed by atoms with van der Waals surface area (Å²) in [5.41, 5.74) is 2.06. The van der Waals surface area contributed by atoms with E-state index in [1.54, 1.807) is 6.92 Å². The summed E-state index contributed by atoms with van der Waals surface area (Å²) < 4.78 is 11.0. The van der Waals surface area contributed by atoms with Gasteiger partial charge in [-0.25, -0.2) is 0 Å². The highest BCUT2D eigenvalue weighted by Crippen LogP contribution is 2.41. The van der Waals surface area contributed by atoms with Crippen molar-refractivity contribution in [2.45, 2.75) is 25.2 Å². The summed E-state index contributed by atoms with van der Waals surface area (Å²) in [5.74, 6) is 0.231. The van der Waals surface area contributed by atoms with Gasteiger partial charge in [0.2, 0.25) is 0 Å². The normalized spacial score (nSPS) is 17.6. The van der Waals surface area contributed by atoms with Crippen molar-refractivity contribution < 1.29 is 13.9 Å². The number of carbonyl (C=O) groups is 1. The summed E-state index contributed by atoms with van der Waals surface area (Å²) in [7, 11) is 0. The molecule has 0 saturated carbocycles. The summed E-state index contributed by atoms with van der Waals surface area (Å²) >= 11 is 0. The van der Waals surface area contributed by atoms with Gasteiger partial charge in [-0.1, -0.05) is 18.2 Å². The van der Waals surface area contributed by atoms with Gasteiger partial charge in [-0.05, 0) is 19.4 Å². The van der Waals surface area contributed by atoms with Crippen molar-refractivity contribution >= 4 is 16.8 Å². The fourth-order valence-electron chi connectivity index (χ4n) is 2.59. The number of fused-ring (bicyclic) bond motifs is 1. The summed E-state index contributed by atoms with van der Waals surface area (Å²) in [6, 6.07) is 8.02. The number of ketones is 1. The summed E-state index contributed by atoms with van der Waals surface area (Å²) in [6.45, 7) is 3.01. The van der Waals surface area contributed by atoms with Crippen molar-refractivity contribution in [3.8, 4) is 0 Å². The van der Waals surface area contributed by atoms with E-state index in [0.717, 1.165) is 17.4 Å². The van der Waals surface area contributed by atoms with Gasteiger partial charge in [-0.3, -0.25) is 0 Å². The van der Waals surface area contributed by atoms with E-state index in [1.165, 1.54) is 5.56 Å². The van der Waals surface area contributed by atoms with Crippen LogP contribution in [0.1, 0.15) is 25.3 Å². The van der Waals surface area contributed by atoms with E-state index in [9.17, 15) is 4.79 Å². The van der Waals surface area contributed by atoms with Crippen LogP contribution in [0.5, 0.6) is 0 Å². The van der Waals surface area contributed by atoms with Crippen LogP contribution in [0.25, 0.3) is 11.0 Å². The zero-order valence-electron chi connectivity index (χ0n) is 10.4. The molecular formula is C15H16O3. The Labute approximate surface area is 106 Å². The van der Waals surface area contributed by atoms with Gasteiger partial charge in [-0.2, -0.15) is 0 Å². The van der Waals surface area contributed by atoms with Crippen molar-refractivity contribution in [2.24, 2.45) is 0 Å². The van der Waals surface area contributed by atoms with Gasteiger partial charge in [0.05, 0.1) is 19.5 Å². The van der Waals surface area contributed by atoms with E-state index in [0.29, 0.717) is 19.6 Å². The molecule has 94 valence electrons. The molecular weight excluding hydrogens is 228 g/mol. The third kappa shape index (κ3) is 1.75. The molecule has 1 fully saturated rings. The predicted molar refractivity (Wildman–Crippen MR) is 68.6 cm³/mol. The van der Waals surface area contributed by atoms with Gasteiger partial charge in [0, 0.05) is 22.8 Å². The molecule has 3 nitrogen and oxygen atoms in total. The molecule has 1 aromatic carbocycles. The van der Waals surface area contributed by atoms with Gasteiger partial charge in [0.15, 0.2) is 0 Å². The average molecular weight is 244 g/mol. The Bertz CT molecular complexity index is 578. The van der Waals surface area contributed by atoms with Crippen LogP contribution in [0, 0.1) is 0 Å². The van der Waals surface area contributed by atoms with Crippen LogP contribution in [0.15, 0.2) is 34.9 Å². The average Bonchev–Trinajstić information content (AvgIpc) is 2.72. The number of furan rings is 1. The number of hydrogen-bond donors (Lipinski definition) is 0. The molecule has 0 atom stereocenters. The molecule has 0 amide bonds. The molecule has 0 spiro atoms. The molecule has 3 heteroatoms. The minimum absolute atomic E-state index is 0.0295. The maximum atomic E-state index is 11.2. The minimum Gasteiger partial charge on any atom is -0.464 e. The van der Waals surface area contributed by atoms with Crippen molar-refractivity contribution in [2.75, 3.05) is 13.2 Å². The van der Waals surface area contributed by atoms with Crippen LogP contribution < -0.4 is 0 Å². The molecule has 0 unspecified atom stereocenters. The first kappa shape index (κ1) is 11.5.